The van der Waals surface area contributed by atoms with Crippen LogP contribution in [0.15, 0.2) is 33.9 Å². The largest absolute Gasteiger partial charge is 0.475 e. The van der Waals surface area contributed by atoms with Crippen molar-refractivity contribution in [1.29, 1.82) is 0 Å². The van der Waals surface area contributed by atoms with Crippen molar-refractivity contribution in [3.63, 3.8) is 0 Å². The molecule has 7 nitrogen and oxygen atoms in total. The van der Waals surface area contributed by atoms with Crippen LogP contribution in [0.25, 0.3) is 0 Å². The highest BCUT2D eigenvalue weighted by Crippen LogP contribution is 2.38. The maximum atomic E-state index is 10.9. The van der Waals surface area contributed by atoms with E-state index in [1.165, 1.54) is 6.26 Å². The van der Waals surface area contributed by atoms with Gasteiger partial charge in [0.2, 0.25) is 0 Å². The second-order valence-corrected chi connectivity index (χ2v) is 5.98. The Labute approximate surface area is 147 Å². The lowest BCUT2D eigenvalue weighted by Gasteiger charge is -2.20. The lowest BCUT2D eigenvalue weighted by Crippen LogP contribution is -2.19. The predicted molar refractivity (Wildman–Crippen MR) is 92.2 cm³/mol. The van der Waals surface area contributed by atoms with Gasteiger partial charge in [-0.25, -0.2) is 0 Å². The van der Waals surface area contributed by atoms with Crippen LogP contribution in [0.2, 0.25) is 0 Å². The van der Waals surface area contributed by atoms with Crippen LogP contribution in [0.1, 0.15) is 54.6 Å². The van der Waals surface area contributed by atoms with Crippen molar-refractivity contribution in [2.24, 2.45) is 0 Å². The molecule has 0 spiro atoms. The van der Waals surface area contributed by atoms with Gasteiger partial charge in [0.1, 0.15) is 11.9 Å². The number of ether oxygens (including phenoxy) is 1. The molecule has 2 atom stereocenters. The molecule has 2 aromatic rings. The normalized spacial score (nSPS) is 13.8. The van der Waals surface area contributed by atoms with Gasteiger partial charge in [0.15, 0.2) is 5.76 Å². The minimum absolute atomic E-state index is 0.227. The quantitative estimate of drug-likeness (QED) is 0.503. The number of nitrogens with zero attached hydrogens (tertiary/aromatic N) is 2. The number of hydrogen-bond donors (Lipinski definition) is 2. The van der Waals surface area contributed by atoms with E-state index in [0.717, 1.165) is 12.8 Å². The molecule has 0 aromatic carbocycles. The van der Waals surface area contributed by atoms with Crippen molar-refractivity contribution in [3.8, 4) is 5.88 Å². The zero-order valence-corrected chi connectivity index (χ0v) is 14.9. The summed E-state index contributed by atoms with van der Waals surface area (Å²) >= 11 is 0. The van der Waals surface area contributed by atoms with Crippen molar-refractivity contribution in [2.45, 2.75) is 38.5 Å². The van der Waals surface area contributed by atoms with Gasteiger partial charge in [-0.15, -0.1) is 6.58 Å². The standard InChI is InChI=1S/C18H26N2O5/c1-5-7-9-24-18-14(15(22)16-12(11-21)8-10-23-16)17(25-19-18)13(6-2)20(3)4/h6,8,10,13,15,21-22H,2,5,7,9,11H2,1,3-4H3/t13-,15?/m0/s1. The molecule has 1 unspecified atom stereocenters. The molecule has 0 fully saturated rings. The number of aromatic nitrogens is 1. The van der Waals surface area contributed by atoms with E-state index in [9.17, 15) is 10.2 Å². The fourth-order valence-electron chi connectivity index (χ4n) is 2.58. The second-order valence-electron chi connectivity index (χ2n) is 5.98. The van der Waals surface area contributed by atoms with Crippen molar-refractivity contribution in [2.75, 3.05) is 20.7 Å². The first kappa shape index (κ1) is 19.2. The molecule has 0 amide bonds. The number of furan rings is 1. The summed E-state index contributed by atoms with van der Waals surface area (Å²) in [6.45, 7) is 6.11. The Balaban J connectivity index is 2.46. The van der Waals surface area contributed by atoms with Gasteiger partial charge in [0, 0.05) is 5.56 Å². The summed E-state index contributed by atoms with van der Waals surface area (Å²) < 4.78 is 16.6. The summed E-state index contributed by atoms with van der Waals surface area (Å²) in [6.07, 6.45) is 3.78. The summed E-state index contributed by atoms with van der Waals surface area (Å²) in [5.41, 5.74) is 0.888. The second kappa shape index (κ2) is 8.84. The first-order valence-electron chi connectivity index (χ1n) is 8.31. The molecule has 0 aliphatic heterocycles. The molecule has 0 saturated heterocycles. The summed E-state index contributed by atoms with van der Waals surface area (Å²) in [7, 11) is 3.74. The highest BCUT2D eigenvalue weighted by molar-refractivity contribution is 5.39. The Kier molecular flexibility index (Phi) is 6.81. The van der Waals surface area contributed by atoms with E-state index in [4.69, 9.17) is 13.7 Å². The van der Waals surface area contributed by atoms with Gasteiger partial charge in [-0.1, -0.05) is 19.4 Å². The van der Waals surface area contributed by atoms with E-state index >= 15 is 0 Å². The minimum atomic E-state index is -1.17. The Morgan fingerprint density at radius 2 is 2.16 bits per heavy atom. The summed E-state index contributed by atoms with van der Waals surface area (Å²) in [5.74, 6) is 0.901. The zero-order valence-electron chi connectivity index (χ0n) is 14.9. The van der Waals surface area contributed by atoms with Crippen molar-refractivity contribution in [3.05, 3.63) is 47.6 Å². The number of aliphatic hydroxyl groups excluding tert-OH is 2. The van der Waals surface area contributed by atoms with Gasteiger partial charge in [0.25, 0.3) is 5.88 Å². The van der Waals surface area contributed by atoms with Gasteiger partial charge in [-0.2, -0.15) is 0 Å². The highest BCUT2D eigenvalue weighted by Gasteiger charge is 2.32. The lowest BCUT2D eigenvalue weighted by atomic mass is 10.0. The Morgan fingerprint density at radius 1 is 1.40 bits per heavy atom. The Morgan fingerprint density at radius 3 is 2.76 bits per heavy atom. The average molecular weight is 350 g/mol. The van der Waals surface area contributed by atoms with Crippen molar-refractivity contribution < 1.29 is 23.9 Å². The van der Waals surface area contributed by atoms with Crippen LogP contribution in [0.3, 0.4) is 0 Å². The molecule has 138 valence electrons. The molecule has 2 heterocycles. The molecule has 0 bridgehead atoms. The first-order valence-corrected chi connectivity index (χ1v) is 8.31. The third-order valence-corrected chi connectivity index (χ3v) is 3.98. The van der Waals surface area contributed by atoms with E-state index < -0.39 is 6.10 Å². The van der Waals surface area contributed by atoms with Crippen LogP contribution in [0, 0.1) is 0 Å². The van der Waals surface area contributed by atoms with E-state index in [1.54, 1.807) is 12.1 Å². The van der Waals surface area contributed by atoms with Gasteiger partial charge >= 0.3 is 0 Å². The van der Waals surface area contributed by atoms with Crippen molar-refractivity contribution >= 4 is 0 Å². The van der Waals surface area contributed by atoms with E-state index in [-0.39, 0.29) is 24.3 Å². The number of aliphatic hydroxyl groups is 2. The topological polar surface area (TPSA) is 92.1 Å². The third kappa shape index (κ3) is 4.12. The van der Waals surface area contributed by atoms with Crippen LogP contribution in [0.4, 0.5) is 0 Å². The van der Waals surface area contributed by atoms with Crippen molar-refractivity contribution in [1.82, 2.24) is 10.1 Å². The number of unbranched alkanes of at least 4 members (excludes halogenated alkanes) is 1. The molecule has 0 saturated carbocycles. The predicted octanol–water partition coefficient (Wildman–Crippen LogP) is 2.81. The molecular formula is C18H26N2O5. The van der Waals surface area contributed by atoms with Crippen LogP contribution in [-0.2, 0) is 6.61 Å². The van der Waals surface area contributed by atoms with Gasteiger partial charge in [-0.05, 0) is 31.7 Å². The van der Waals surface area contributed by atoms with E-state index in [1.807, 2.05) is 19.0 Å². The minimum Gasteiger partial charge on any atom is -0.475 e. The fourth-order valence-corrected chi connectivity index (χ4v) is 2.58. The van der Waals surface area contributed by atoms with E-state index in [0.29, 0.717) is 23.5 Å². The maximum Gasteiger partial charge on any atom is 0.260 e. The van der Waals surface area contributed by atoms with Crippen LogP contribution < -0.4 is 4.74 Å². The highest BCUT2D eigenvalue weighted by atomic mass is 16.5. The summed E-state index contributed by atoms with van der Waals surface area (Å²) in [5, 5.41) is 24.3. The third-order valence-electron chi connectivity index (χ3n) is 3.98. The van der Waals surface area contributed by atoms with Gasteiger partial charge < -0.3 is 23.9 Å². The van der Waals surface area contributed by atoms with Crippen LogP contribution >= 0.6 is 0 Å². The number of likely N-dealkylation sites (N-methyl/N-ethyl adjacent to an activating group) is 1. The molecule has 0 radical (unpaired) electrons. The molecule has 25 heavy (non-hydrogen) atoms. The molecule has 2 aromatic heterocycles. The fraction of sp³-hybridized carbons (Fsp3) is 0.500. The molecule has 2 N–H and O–H groups in total. The smallest absolute Gasteiger partial charge is 0.260 e. The van der Waals surface area contributed by atoms with E-state index in [2.05, 4.69) is 18.7 Å². The molecular weight excluding hydrogens is 324 g/mol. The van der Waals surface area contributed by atoms with Crippen LogP contribution in [0.5, 0.6) is 5.88 Å². The van der Waals surface area contributed by atoms with Gasteiger partial charge in [0.05, 0.1) is 31.1 Å². The molecule has 0 aliphatic rings. The summed E-state index contributed by atoms with van der Waals surface area (Å²) in [4.78, 5) is 1.88. The summed E-state index contributed by atoms with van der Waals surface area (Å²) in [6, 6.07) is 1.31. The van der Waals surface area contributed by atoms with Crippen LogP contribution in [-0.4, -0.2) is 41.0 Å². The Bertz CT molecular complexity index is 677. The van der Waals surface area contributed by atoms with Gasteiger partial charge in [-0.3, -0.25) is 4.90 Å². The number of rotatable bonds is 10. The number of hydrogen-bond acceptors (Lipinski definition) is 7. The molecule has 7 heteroatoms. The molecule has 0 aliphatic carbocycles. The molecule has 2 rings (SSSR count). The zero-order chi connectivity index (χ0) is 18.4. The maximum absolute atomic E-state index is 10.9. The lowest BCUT2D eigenvalue weighted by molar-refractivity contribution is 0.171. The SMILES string of the molecule is C=C[C@@H](c1onc(OCCCC)c1C(O)c1occc1CO)N(C)C. The first-order chi connectivity index (χ1) is 12.0. The average Bonchev–Trinajstić information content (AvgIpc) is 3.22. The monoisotopic (exact) mass is 350 g/mol. The Hall–Kier alpha value is -2.09.